The molecule has 2 atom stereocenters. The lowest BCUT2D eigenvalue weighted by Gasteiger charge is -2.38. The van der Waals surface area contributed by atoms with Crippen molar-refractivity contribution in [2.45, 2.75) is 23.6 Å². The first-order valence-electron chi connectivity index (χ1n) is 12.6. The molecule has 0 aliphatic carbocycles. The second-order valence-corrected chi connectivity index (χ2v) is 10.8. The van der Waals surface area contributed by atoms with Gasteiger partial charge in [0.15, 0.2) is 17.3 Å². The van der Waals surface area contributed by atoms with E-state index in [2.05, 4.69) is 52.8 Å². The zero-order chi connectivity index (χ0) is 26.5. The Morgan fingerprint density at radius 1 is 0.974 bits per heavy atom. The smallest absolute Gasteiger partial charge is 0.214 e. The van der Waals surface area contributed by atoms with Crippen LogP contribution in [0.1, 0.15) is 35.4 Å². The lowest BCUT2D eigenvalue weighted by molar-refractivity contribution is -0.0208. The van der Waals surface area contributed by atoms with Crippen LogP contribution in [-0.4, -0.2) is 29.2 Å². The highest BCUT2D eigenvalue weighted by Gasteiger charge is 2.42. The monoisotopic (exact) mass is 553 g/mol. The molecule has 0 amide bonds. The Hall–Kier alpha value is -3.94. The Morgan fingerprint density at radius 3 is 2.54 bits per heavy atom. The van der Waals surface area contributed by atoms with Crippen LogP contribution in [0.15, 0.2) is 99.4 Å². The summed E-state index contributed by atoms with van der Waals surface area (Å²) in [5.74, 6) is 2.15. The maximum atomic E-state index is 6.68. The number of halogens is 1. The summed E-state index contributed by atoms with van der Waals surface area (Å²) in [6.07, 6.45) is 2.39. The zero-order valence-electron chi connectivity index (χ0n) is 21.3. The fourth-order valence-electron chi connectivity index (χ4n) is 5.34. The molecule has 0 radical (unpaired) electrons. The molecule has 0 fully saturated rings. The fraction of sp³-hybridized carbons (Fsp3) is 0.161. The van der Waals surface area contributed by atoms with Crippen molar-refractivity contribution >= 4 is 40.0 Å². The Labute approximate surface area is 235 Å². The van der Waals surface area contributed by atoms with Crippen molar-refractivity contribution < 1.29 is 14.0 Å². The van der Waals surface area contributed by atoms with E-state index in [1.807, 2.05) is 48.5 Å². The van der Waals surface area contributed by atoms with Crippen molar-refractivity contribution in [3.8, 4) is 22.8 Å². The third kappa shape index (κ3) is 4.13. The number of hydrogen-bond acceptors (Lipinski definition) is 7. The Bertz CT molecular complexity index is 1720. The molecule has 0 saturated carbocycles. The van der Waals surface area contributed by atoms with Gasteiger partial charge in [0, 0.05) is 33.0 Å². The molecule has 4 aromatic carbocycles. The summed E-state index contributed by atoms with van der Waals surface area (Å²) in [4.78, 5) is 1.23. The van der Waals surface area contributed by atoms with Crippen LogP contribution in [0, 0.1) is 0 Å². The number of rotatable bonds is 5. The van der Waals surface area contributed by atoms with E-state index in [0.717, 1.165) is 51.0 Å². The van der Waals surface area contributed by atoms with Gasteiger partial charge in [-0.25, -0.2) is 5.01 Å². The SMILES string of the molecule is COc1cccc2c1OC(c1ccc3noc(-c4ccc(Cl)cc4)c3c1)N1N=C(c3ccc(SC)cc3)CC21. The lowest BCUT2D eigenvalue weighted by atomic mass is 9.95. The normalized spacial score (nSPS) is 17.9. The molecule has 6 nitrogen and oxygen atoms in total. The number of hydrogen-bond donors (Lipinski definition) is 0. The van der Waals surface area contributed by atoms with E-state index in [-0.39, 0.29) is 6.04 Å². The van der Waals surface area contributed by atoms with Gasteiger partial charge in [0.05, 0.1) is 24.2 Å². The van der Waals surface area contributed by atoms with Crippen LogP contribution in [-0.2, 0) is 0 Å². The molecular weight excluding hydrogens is 530 g/mol. The lowest BCUT2D eigenvalue weighted by Crippen LogP contribution is -2.33. The quantitative estimate of drug-likeness (QED) is 0.205. The number of para-hydroxylation sites is 1. The van der Waals surface area contributed by atoms with Gasteiger partial charge in [-0.3, -0.25) is 0 Å². The highest BCUT2D eigenvalue weighted by Crippen LogP contribution is 2.51. The van der Waals surface area contributed by atoms with Gasteiger partial charge < -0.3 is 14.0 Å². The van der Waals surface area contributed by atoms with Crippen LogP contribution in [0.2, 0.25) is 5.02 Å². The first kappa shape index (κ1) is 24.1. The van der Waals surface area contributed by atoms with E-state index in [4.69, 9.17) is 30.7 Å². The molecule has 0 bridgehead atoms. The minimum atomic E-state index is -0.459. The zero-order valence-corrected chi connectivity index (χ0v) is 22.9. The summed E-state index contributed by atoms with van der Waals surface area (Å²) in [6, 6.07) is 28.3. The number of hydrazone groups is 1. The van der Waals surface area contributed by atoms with E-state index < -0.39 is 6.23 Å². The van der Waals surface area contributed by atoms with Gasteiger partial charge in [0.1, 0.15) is 5.52 Å². The van der Waals surface area contributed by atoms with Crippen LogP contribution >= 0.6 is 23.4 Å². The van der Waals surface area contributed by atoms with Crippen LogP contribution in [0.3, 0.4) is 0 Å². The minimum absolute atomic E-state index is 0.0120. The van der Waals surface area contributed by atoms with Gasteiger partial charge in [-0.15, -0.1) is 11.8 Å². The number of methoxy groups -OCH3 is 1. The standard InChI is InChI=1S/C31H24ClN3O3S/c1-36-28-5-3-4-23-27-17-26(18-8-13-22(39-2)14-9-18)33-35(27)31(37-30(23)28)20-10-15-25-24(16-20)29(38-34-25)19-6-11-21(32)12-7-19/h3-16,27,31H,17H2,1-2H3. The highest BCUT2D eigenvalue weighted by molar-refractivity contribution is 7.98. The maximum absolute atomic E-state index is 6.68. The van der Waals surface area contributed by atoms with Crippen LogP contribution < -0.4 is 9.47 Å². The molecule has 0 N–H and O–H groups in total. The van der Waals surface area contributed by atoms with Gasteiger partial charge in [-0.1, -0.05) is 47.1 Å². The van der Waals surface area contributed by atoms with Gasteiger partial charge in [-0.2, -0.15) is 5.10 Å². The van der Waals surface area contributed by atoms with Crippen LogP contribution in [0.4, 0.5) is 0 Å². The second-order valence-electron chi connectivity index (χ2n) is 9.52. The number of benzene rings is 4. The Morgan fingerprint density at radius 2 is 1.77 bits per heavy atom. The molecule has 2 aliphatic rings. The first-order chi connectivity index (χ1) is 19.1. The summed E-state index contributed by atoms with van der Waals surface area (Å²) in [5, 5.41) is 13.1. The molecule has 0 spiro atoms. The summed E-state index contributed by atoms with van der Waals surface area (Å²) in [5.41, 5.74) is 5.84. The van der Waals surface area contributed by atoms with E-state index in [9.17, 15) is 0 Å². The maximum Gasteiger partial charge on any atom is 0.214 e. The molecule has 2 unspecified atom stereocenters. The average Bonchev–Trinajstić information content (AvgIpc) is 3.62. The van der Waals surface area contributed by atoms with E-state index in [0.29, 0.717) is 16.5 Å². The van der Waals surface area contributed by atoms with Crippen LogP contribution in [0.5, 0.6) is 11.5 Å². The molecule has 5 aromatic rings. The molecule has 7 rings (SSSR count). The van der Waals surface area contributed by atoms with Gasteiger partial charge in [0.25, 0.3) is 0 Å². The summed E-state index contributed by atoms with van der Waals surface area (Å²) in [6.45, 7) is 0. The van der Waals surface area contributed by atoms with Crippen molar-refractivity contribution in [2.24, 2.45) is 5.10 Å². The molecule has 0 saturated heterocycles. The number of ether oxygens (including phenoxy) is 2. The molecule has 8 heteroatoms. The van der Waals surface area contributed by atoms with Gasteiger partial charge >= 0.3 is 0 Å². The topological polar surface area (TPSA) is 60.1 Å². The first-order valence-corrected chi connectivity index (χ1v) is 14.2. The predicted octanol–water partition coefficient (Wildman–Crippen LogP) is 8.12. The van der Waals surface area contributed by atoms with Crippen molar-refractivity contribution in [2.75, 3.05) is 13.4 Å². The Kier molecular flexibility index (Phi) is 5.98. The third-order valence-electron chi connectivity index (χ3n) is 7.32. The molecule has 3 heterocycles. The predicted molar refractivity (Wildman–Crippen MR) is 155 cm³/mol. The molecule has 1 aromatic heterocycles. The molecule has 2 aliphatic heterocycles. The third-order valence-corrected chi connectivity index (χ3v) is 8.31. The summed E-state index contributed by atoms with van der Waals surface area (Å²) < 4.78 is 18.2. The highest BCUT2D eigenvalue weighted by atomic mass is 35.5. The van der Waals surface area contributed by atoms with E-state index in [1.54, 1.807) is 18.9 Å². The van der Waals surface area contributed by atoms with Crippen molar-refractivity contribution in [1.29, 1.82) is 0 Å². The second kappa shape index (κ2) is 9.67. The van der Waals surface area contributed by atoms with Crippen LogP contribution in [0.25, 0.3) is 22.2 Å². The molecular formula is C31H24ClN3O3S. The molecule has 194 valence electrons. The average molecular weight is 554 g/mol. The number of fused-ring (bicyclic) bond motifs is 4. The largest absolute Gasteiger partial charge is 0.493 e. The van der Waals surface area contributed by atoms with E-state index in [1.165, 1.54) is 4.90 Å². The Balaban J connectivity index is 1.34. The van der Waals surface area contributed by atoms with Gasteiger partial charge in [0.2, 0.25) is 6.23 Å². The summed E-state index contributed by atoms with van der Waals surface area (Å²) in [7, 11) is 1.67. The van der Waals surface area contributed by atoms with Crippen molar-refractivity contribution in [3.63, 3.8) is 0 Å². The fourth-order valence-corrected chi connectivity index (χ4v) is 5.88. The van der Waals surface area contributed by atoms with Crippen molar-refractivity contribution in [3.05, 3.63) is 107 Å². The van der Waals surface area contributed by atoms with E-state index >= 15 is 0 Å². The van der Waals surface area contributed by atoms with Gasteiger partial charge in [-0.05, 0) is 66.4 Å². The summed E-state index contributed by atoms with van der Waals surface area (Å²) >= 11 is 7.85. The van der Waals surface area contributed by atoms with Crippen molar-refractivity contribution in [1.82, 2.24) is 10.2 Å². The number of nitrogens with zero attached hydrogens (tertiary/aromatic N) is 3. The molecule has 39 heavy (non-hydrogen) atoms. The number of thioether (sulfide) groups is 1. The number of aromatic nitrogens is 1. The minimum Gasteiger partial charge on any atom is -0.493 e.